The molecule has 1 saturated carbocycles. The van der Waals surface area contributed by atoms with Crippen molar-refractivity contribution < 1.29 is 14.9 Å². The molecule has 22 heavy (non-hydrogen) atoms. The molecule has 0 saturated heterocycles. The topological polar surface area (TPSA) is 49.7 Å². The van der Waals surface area contributed by atoms with Crippen molar-refractivity contribution >= 4 is 0 Å². The van der Waals surface area contributed by atoms with Crippen LogP contribution in [0.5, 0.6) is 11.5 Å². The number of aliphatic hydroxyl groups excluding tert-OH is 1. The zero-order valence-corrected chi connectivity index (χ0v) is 12.4. The third kappa shape index (κ3) is 2.08. The zero-order chi connectivity index (χ0) is 15.1. The number of ether oxygens (including phenoxy) is 1. The van der Waals surface area contributed by atoms with Gasteiger partial charge in [0.25, 0.3) is 0 Å². The third-order valence-electron chi connectivity index (χ3n) is 5.12. The molecule has 1 heterocycles. The molecule has 0 amide bonds. The Morgan fingerprint density at radius 1 is 1.05 bits per heavy atom. The molecule has 1 aliphatic carbocycles. The number of hydrogen-bond donors (Lipinski definition) is 2. The van der Waals surface area contributed by atoms with E-state index in [9.17, 15) is 10.2 Å². The summed E-state index contributed by atoms with van der Waals surface area (Å²) in [6.45, 7) is 0.00284. The van der Waals surface area contributed by atoms with Gasteiger partial charge in [0.15, 0.2) is 0 Å². The van der Waals surface area contributed by atoms with Crippen LogP contribution >= 0.6 is 0 Å². The molecule has 3 atom stereocenters. The maximum absolute atomic E-state index is 9.61. The maximum Gasteiger partial charge on any atom is 0.129 e. The number of phenolic OH excluding ortho intramolecular Hbond substituents is 1. The quantitative estimate of drug-likeness (QED) is 0.883. The third-order valence-corrected chi connectivity index (χ3v) is 5.12. The molecule has 0 spiro atoms. The minimum absolute atomic E-state index is 0.00284. The van der Waals surface area contributed by atoms with Crippen LogP contribution in [-0.2, 0) is 6.61 Å². The molecule has 0 bridgehead atoms. The second kappa shape index (κ2) is 5.33. The molecule has 3 nitrogen and oxygen atoms in total. The first-order valence-corrected chi connectivity index (χ1v) is 7.96. The summed E-state index contributed by atoms with van der Waals surface area (Å²) in [6.07, 6.45) is 3.58. The summed E-state index contributed by atoms with van der Waals surface area (Å²) in [6, 6.07) is 13.4. The minimum atomic E-state index is 0.00284. The van der Waals surface area contributed by atoms with E-state index in [1.807, 2.05) is 24.3 Å². The number of aliphatic hydroxyl groups is 1. The molecular formula is C19H20O3. The van der Waals surface area contributed by atoms with Gasteiger partial charge >= 0.3 is 0 Å². The van der Waals surface area contributed by atoms with Gasteiger partial charge in [-0.3, -0.25) is 0 Å². The molecule has 1 fully saturated rings. The average Bonchev–Trinajstić information content (AvgIpc) is 3.04. The number of phenols is 1. The molecule has 2 aromatic carbocycles. The van der Waals surface area contributed by atoms with Crippen molar-refractivity contribution in [2.24, 2.45) is 5.92 Å². The first-order chi connectivity index (χ1) is 10.8. The summed E-state index contributed by atoms with van der Waals surface area (Å²) in [5, 5.41) is 19.1. The standard InChI is InChI=1S/C19H20O3/c20-11-13-3-1-5-17-15-4-2-6-16(15)18(22-19(13)17)12-7-9-14(21)10-8-12/h1,3,5,7-10,15-16,18,20-21H,2,4,6,11H2/t15-,16?,18+/m0/s1. The second-order valence-corrected chi connectivity index (χ2v) is 6.32. The Morgan fingerprint density at radius 3 is 2.64 bits per heavy atom. The number of hydrogen-bond acceptors (Lipinski definition) is 3. The number of para-hydroxylation sites is 1. The highest BCUT2D eigenvalue weighted by atomic mass is 16.5. The van der Waals surface area contributed by atoms with Crippen molar-refractivity contribution in [2.75, 3.05) is 0 Å². The fourth-order valence-corrected chi connectivity index (χ4v) is 4.10. The van der Waals surface area contributed by atoms with Crippen molar-refractivity contribution in [3.8, 4) is 11.5 Å². The molecule has 1 aliphatic heterocycles. The van der Waals surface area contributed by atoms with Crippen molar-refractivity contribution in [3.05, 3.63) is 59.2 Å². The SMILES string of the molecule is OCc1cccc2c1O[C@H](c1ccc(O)cc1)C1CCC[C@H]21. The Hall–Kier alpha value is -2.00. The lowest BCUT2D eigenvalue weighted by Gasteiger charge is -2.37. The van der Waals surface area contributed by atoms with Crippen LogP contribution in [0, 0.1) is 5.92 Å². The summed E-state index contributed by atoms with van der Waals surface area (Å²) in [7, 11) is 0. The lowest BCUT2D eigenvalue weighted by molar-refractivity contribution is 0.100. The van der Waals surface area contributed by atoms with Crippen LogP contribution in [0.4, 0.5) is 0 Å². The van der Waals surface area contributed by atoms with Crippen molar-refractivity contribution in [1.82, 2.24) is 0 Å². The van der Waals surface area contributed by atoms with Gasteiger partial charge in [0, 0.05) is 11.5 Å². The average molecular weight is 296 g/mol. The number of aromatic hydroxyl groups is 1. The van der Waals surface area contributed by atoms with Crippen molar-refractivity contribution in [2.45, 2.75) is 37.9 Å². The summed E-state index contributed by atoms with van der Waals surface area (Å²) in [5.74, 6) is 2.13. The van der Waals surface area contributed by atoms with E-state index in [2.05, 4.69) is 6.07 Å². The van der Waals surface area contributed by atoms with Crippen LogP contribution < -0.4 is 4.74 Å². The van der Waals surface area contributed by atoms with Crippen molar-refractivity contribution in [3.63, 3.8) is 0 Å². The van der Waals surface area contributed by atoms with Gasteiger partial charge in [-0.05, 0) is 42.0 Å². The number of rotatable bonds is 2. The van der Waals surface area contributed by atoms with Crippen molar-refractivity contribution in [1.29, 1.82) is 0 Å². The largest absolute Gasteiger partial charge is 0.508 e. The summed E-state index contributed by atoms with van der Waals surface area (Å²) < 4.78 is 6.35. The van der Waals surface area contributed by atoms with E-state index in [0.717, 1.165) is 16.9 Å². The normalized spacial score (nSPS) is 26.1. The first kappa shape index (κ1) is 13.6. The summed E-state index contributed by atoms with van der Waals surface area (Å²) >= 11 is 0. The predicted molar refractivity (Wildman–Crippen MR) is 83.9 cm³/mol. The Morgan fingerprint density at radius 2 is 1.86 bits per heavy atom. The Labute approximate surface area is 130 Å². The highest BCUT2D eigenvalue weighted by molar-refractivity contribution is 5.47. The van der Waals surface area contributed by atoms with E-state index >= 15 is 0 Å². The van der Waals surface area contributed by atoms with E-state index in [-0.39, 0.29) is 18.5 Å². The predicted octanol–water partition coefficient (Wildman–Crippen LogP) is 3.90. The molecule has 2 aliphatic rings. The molecule has 2 aromatic rings. The van der Waals surface area contributed by atoms with Crippen LogP contribution in [0.15, 0.2) is 42.5 Å². The van der Waals surface area contributed by atoms with E-state index in [1.165, 1.54) is 24.8 Å². The highest BCUT2D eigenvalue weighted by Gasteiger charge is 2.42. The van der Waals surface area contributed by atoms with Crippen LogP contribution in [0.25, 0.3) is 0 Å². The second-order valence-electron chi connectivity index (χ2n) is 6.32. The molecule has 4 rings (SSSR count). The monoisotopic (exact) mass is 296 g/mol. The van der Waals surface area contributed by atoms with Gasteiger partial charge in [0.05, 0.1) is 6.61 Å². The van der Waals surface area contributed by atoms with Crippen LogP contribution in [0.3, 0.4) is 0 Å². The van der Waals surface area contributed by atoms with Gasteiger partial charge < -0.3 is 14.9 Å². The lowest BCUT2D eigenvalue weighted by Crippen LogP contribution is -2.27. The van der Waals surface area contributed by atoms with Crippen LogP contribution in [0.1, 0.15) is 48.0 Å². The smallest absolute Gasteiger partial charge is 0.129 e. The molecular weight excluding hydrogens is 276 g/mol. The fourth-order valence-electron chi connectivity index (χ4n) is 4.10. The molecule has 2 N–H and O–H groups in total. The lowest BCUT2D eigenvalue weighted by atomic mass is 9.79. The van der Waals surface area contributed by atoms with E-state index in [0.29, 0.717) is 11.8 Å². The molecule has 0 radical (unpaired) electrons. The maximum atomic E-state index is 9.61. The summed E-state index contributed by atoms with van der Waals surface area (Å²) in [5.41, 5.74) is 3.23. The van der Waals surface area contributed by atoms with E-state index in [1.54, 1.807) is 12.1 Å². The minimum Gasteiger partial charge on any atom is -0.508 e. The number of fused-ring (bicyclic) bond motifs is 3. The Balaban J connectivity index is 1.79. The summed E-state index contributed by atoms with van der Waals surface area (Å²) in [4.78, 5) is 0. The highest BCUT2D eigenvalue weighted by Crippen LogP contribution is 2.54. The van der Waals surface area contributed by atoms with Crippen LogP contribution in [-0.4, -0.2) is 10.2 Å². The van der Waals surface area contributed by atoms with E-state index in [4.69, 9.17) is 4.74 Å². The van der Waals surface area contributed by atoms with Gasteiger partial charge in [-0.25, -0.2) is 0 Å². The fraction of sp³-hybridized carbons (Fsp3) is 0.368. The van der Waals surface area contributed by atoms with Gasteiger partial charge in [0.2, 0.25) is 0 Å². The van der Waals surface area contributed by atoms with E-state index < -0.39 is 0 Å². The molecule has 0 aromatic heterocycles. The first-order valence-electron chi connectivity index (χ1n) is 7.96. The molecule has 114 valence electrons. The van der Waals surface area contributed by atoms with Crippen LogP contribution in [0.2, 0.25) is 0 Å². The molecule has 1 unspecified atom stereocenters. The van der Waals surface area contributed by atoms with Gasteiger partial charge in [0.1, 0.15) is 17.6 Å². The molecule has 3 heteroatoms. The number of benzene rings is 2. The Kier molecular flexibility index (Phi) is 3.30. The Bertz CT molecular complexity index is 678. The zero-order valence-electron chi connectivity index (χ0n) is 12.4. The van der Waals surface area contributed by atoms with Gasteiger partial charge in [-0.1, -0.05) is 36.8 Å². The van der Waals surface area contributed by atoms with Gasteiger partial charge in [-0.2, -0.15) is 0 Å². The van der Waals surface area contributed by atoms with Gasteiger partial charge in [-0.15, -0.1) is 0 Å².